The Kier molecular flexibility index (Phi) is 7.97. The third-order valence-corrected chi connectivity index (χ3v) is 5.79. The number of carbonyl (C=O) groups excluding carboxylic acids is 2. The Labute approximate surface area is 209 Å². The van der Waals surface area contributed by atoms with Gasteiger partial charge in [0.05, 0.1) is 17.8 Å². The highest BCUT2D eigenvalue weighted by atomic mass is 19.3. The predicted molar refractivity (Wildman–Crippen MR) is 128 cm³/mol. The molecule has 1 aromatic carbocycles. The molecule has 1 aliphatic rings. The van der Waals surface area contributed by atoms with Crippen molar-refractivity contribution in [3.63, 3.8) is 0 Å². The zero-order chi connectivity index (χ0) is 26.8. The van der Waals surface area contributed by atoms with Crippen LogP contribution in [0.3, 0.4) is 0 Å². The van der Waals surface area contributed by atoms with Crippen LogP contribution in [0.15, 0.2) is 42.6 Å². The molecule has 1 fully saturated rings. The molecule has 36 heavy (non-hydrogen) atoms. The number of hydrogen-bond acceptors (Lipinski definition) is 5. The van der Waals surface area contributed by atoms with Crippen LogP contribution in [0, 0.1) is 0 Å². The quantitative estimate of drug-likeness (QED) is 0.553. The van der Waals surface area contributed by atoms with Gasteiger partial charge in [0.25, 0.3) is 5.91 Å². The van der Waals surface area contributed by atoms with E-state index in [1.807, 2.05) is 6.07 Å². The van der Waals surface area contributed by atoms with Crippen LogP contribution < -0.4 is 5.32 Å². The second-order valence-corrected chi connectivity index (χ2v) is 10.2. The minimum Gasteiger partial charge on any atom is -0.444 e. The van der Waals surface area contributed by atoms with Gasteiger partial charge in [-0.3, -0.25) is 9.78 Å². The molecule has 2 amide bonds. The molecule has 1 N–H and O–H groups in total. The average Bonchev–Trinajstić information content (AvgIpc) is 3.07. The molecule has 0 spiro atoms. The largest absolute Gasteiger partial charge is 0.444 e. The molecule has 3 rings (SSSR count). The first-order chi connectivity index (χ1) is 16.7. The van der Waals surface area contributed by atoms with Crippen LogP contribution in [-0.2, 0) is 14.3 Å². The van der Waals surface area contributed by atoms with Gasteiger partial charge in [0.15, 0.2) is 0 Å². The number of carbonyl (C=O) groups is 2. The van der Waals surface area contributed by atoms with Gasteiger partial charge < -0.3 is 19.7 Å². The fraction of sp³-hybridized carbons (Fsp3) is 0.500. The number of hydrogen-bond donors (Lipinski definition) is 1. The topological polar surface area (TPSA) is 80.8 Å². The van der Waals surface area contributed by atoms with E-state index >= 15 is 0 Å². The summed E-state index contributed by atoms with van der Waals surface area (Å²) in [7, 11) is 0. The van der Waals surface area contributed by atoms with Gasteiger partial charge >= 0.3 is 12.5 Å². The Morgan fingerprint density at radius 1 is 1.14 bits per heavy atom. The van der Waals surface area contributed by atoms with Crippen molar-refractivity contribution in [1.29, 1.82) is 0 Å². The summed E-state index contributed by atoms with van der Waals surface area (Å²) in [5.74, 6) is -1.46. The molecule has 0 bridgehead atoms. The second kappa shape index (κ2) is 10.5. The number of amides is 2. The highest BCUT2D eigenvalue weighted by Gasteiger charge is 2.52. The van der Waals surface area contributed by atoms with Crippen molar-refractivity contribution in [2.24, 2.45) is 0 Å². The number of aromatic nitrogens is 1. The fourth-order valence-corrected chi connectivity index (χ4v) is 4.21. The zero-order valence-corrected chi connectivity index (χ0v) is 21.2. The molecule has 0 saturated carbocycles. The van der Waals surface area contributed by atoms with Gasteiger partial charge in [-0.1, -0.05) is 30.3 Å². The second-order valence-electron chi connectivity index (χ2n) is 10.2. The van der Waals surface area contributed by atoms with E-state index in [4.69, 9.17) is 9.47 Å². The van der Waals surface area contributed by atoms with E-state index in [0.717, 1.165) is 16.0 Å². The molecular formula is C26H32F3N3O4. The van der Waals surface area contributed by atoms with Crippen LogP contribution in [0.4, 0.5) is 18.0 Å². The molecule has 0 aliphatic carbocycles. The van der Waals surface area contributed by atoms with E-state index in [-0.39, 0.29) is 6.04 Å². The highest BCUT2D eigenvalue weighted by Crippen LogP contribution is 2.42. The summed E-state index contributed by atoms with van der Waals surface area (Å²) in [5, 5.41) is 2.74. The lowest BCUT2D eigenvalue weighted by Crippen LogP contribution is -2.51. The number of alkyl carbamates (subject to hydrolysis) is 1. The normalized spacial score (nSPS) is 20.3. The van der Waals surface area contributed by atoms with Crippen LogP contribution in [0.5, 0.6) is 0 Å². The van der Waals surface area contributed by atoms with Crippen molar-refractivity contribution < 1.29 is 32.2 Å². The number of ether oxygens (including phenoxy) is 2. The number of benzene rings is 1. The lowest BCUT2D eigenvalue weighted by molar-refractivity contribution is -0.159. The van der Waals surface area contributed by atoms with Crippen molar-refractivity contribution >= 4 is 12.0 Å². The third kappa shape index (κ3) is 6.16. The number of alkyl halides is 3. The van der Waals surface area contributed by atoms with Crippen LogP contribution >= 0.6 is 0 Å². The molecule has 196 valence electrons. The maximum absolute atomic E-state index is 13.9. The van der Waals surface area contributed by atoms with Crippen LogP contribution in [-0.4, -0.2) is 52.4 Å². The summed E-state index contributed by atoms with van der Waals surface area (Å²) in [4.78, 5) is 29.3. The predicted octanol–water partition coefficient (Wildman–Crippen LogP) is 5.57. The smallest absolute Gasteiger partial charge is 0.408 e. The fourth-order valence-electron chi connectivity index (χ4n) is 4.21. The summed E-state index contributed by atoms with van der Waals surface area (Å²) in [5.41, 5.74) is 0.862. The van der Waals surface area contributed by atoms with Crippen LogP contribution in [0.1, 0.15) is 64.9 Å². The Hall–Kier alpha value is -3.14. The van der Waals surface area contributed by atoms with Gasteiger partial charge in [0, 0.05) is 11.8 Å². The standard InChI is InChI=1S/C26H32F3N3O4/c1-15(31-24(34)36-25(2,3)4)19-12-11-18(14-30-19)16-7-9-17(10-8-16)21-20(13-27)32(23(33)22(28)29)26(5,6)35-21/h7-12,14-15,20-22H,13H2,1-6H3,(H,31,34). The van der Waals surface area contributed by atoms with Crippen molar-refractivity contribution in [3.05, 3.63) is 53.9 Å². The SMILES string of the molecule is CC(NC(=O)OC(C)(C)C)c1ccc(-c2ccc(C3OC(C)(C)N(C(=O)C(F)F)C3CF)cc2)cn1. The summed E-state index contributed by atoms with van der Waals surface area (Å²) in [6.45, 7) is 9.07. The van der Waals surface area contributed by atoms with Crippen molar-refractivity contribution in [2.45, 2.75) is 77.5 Å². The number of nitrogens with one attached hydrogen (secondary N) is 1. The average molecular weight is 508 g/mol. The number of rotatable bonds is 6. The number of halogens is 3. The van der Waals surface area contributed by atoms with Crippen molar-refractivity contribution in [2.75, 3.05) is 6.67 Å². The summed E-state index contributed by atoms with van der Waals surface area (Å²) >= 11 is 0. The molecule has 10 heteroatoms. The lowest BCUT2D eigenvalue weighted by Gasteiger charge is -2.32. The highest BCUT2D eigenvalue weighted by molar-refractivity contribution is 5.80. The first kappa shape index (κ1) is 27.4. The minimum absolute atomic E-state index is 0.365. The van der Waals surface area contributed by atoms with E-state index in [9.17, 15) is 22.8 Å². The van der Waals surface area contributed by atoms with Crippen LogP contribution in [0.25, 0.3) is 11.1 Å². The molecule has 1 saturated heterocycles. The Morgan fingerprint density at radius 3 is 2.25 bits per heavy atom. The first-order valence-electron chi connectivity index (χ1n) is 11.6. The van der Waals surface area contributed by atoms with Crippen LogP contribution in [0.2, 0.25) is 0 Å². The molecular weight excluding hydrogens is 475 g/mol. The summed E-state index contributed by atoms with van der Waals surface area (Å²) < 4.78 is 51.2. The Balaban J connectivity index is 1.73. The van der Waals surface area contributed by atoms with E-state index in [1.54, 1.807) is 64.2 Å². The van der Waals surface area contributed by atoms with Gasteiger partial charge in [-0.15, -0.1) is 0 Å². The number of nitrogens with zero attached hydrogens (tertiary/aromatic N) is 2. The van der Waals surface area contributed by atoms with E-state index < -0.39 is 48.6 Å². The van der Waals surface area contributed by atoms with Gasteiger partial charge in [0.1, 0.15) is 24.1 Å². The Bertz CT molecular complexity index is 1070. The summed E-state index contributed by atoms with van der Waals surface area (Å²) in [6.07, 6.45) is -3.00. The van der Waals surface area contributed by atoms with E-state index in [2.05, 4.69) is 10.3 Å². The van der Waals surface area contributed by atoms with Gasteiger partial charge in [0.2, 0.25) is 0 Å². The molecule has 0 radical (unpaired) electrons. The van der Waals surface area contributed by atoms with Gasteiger partial charge in [-0.05, 0) is 58.7 Å². The maximum Gasteiger partial charge on any atom is 0.408 e. The molecule has 3 unspecified atom stereocenters. The molecule has 2 aromatic rings. The molecule has 7 nitrogen and oxygen atoms in total. The lowest BCUT2D eigenvalue weighted by atomic mass is 9.99. The maximum atomic E-state index is 13.9. The summed E-state index contributed by atoms with van der Waals surface area (Å²) in [6, 6.07) is 9.14. The third-order valence-electron chi connectivity index (χ3n) is 5.79. The monoisotopic (exact) mass is 507 g/mol. The van der Waals surface area contributed by atoms with Crippen molar-refractivity contribution in [3.8, 4) is 11.1 Å². The molecule has 2 heterocycles. The first-order valence-corrected chi connectivity index (χ1v) is 11.6. The van der Waals surface area contributed by atoms with Gasteiger partial charge in [-0.25, -0.2) is 9.18 Å². The number of pyridine rings is 1. The minimum atomic E-state index is -3.25. The molecule has 1 aromatic heterocycles. The van der Waals surface area contributed by atoms with E-state index in [0.29, 0.717) is 11.3 Å². The molecule has 1 aliphatic heterocycles. The van der Waals surface area contributed by atoms with Crippen molar-refractivity contribution in [1.82, 2.24) is 15.2 Å². The molecule has 3 atom stereocenters. The van der Waals surface area contributed by atoms with E-state index in [1.165, 1.54) is 13.8 Å². The Morgan fingerprint density at radius 2 is 1.75 bits per heavy atom. The zero-order valence-electron chi connectivity index (χ0n) is 21.2. The van der Waals surface area contributed by atoms with Gasteiger partial charge in [-0.2, -0.15) is 8.78 Å².